The zero-order valence-electron chi connectivity index (χ0n) is 26.2. The van der Waals surface area contributed by atoms with Crippen molar-refractivity contribution in [3.05, 3.63) is 59.4 Å². The summed E-state index contributed by atoms with van der Waals surface area (Å²) >= 11 is 0. The lowest BCUT2D eigenvalue weighted by Crippen LogP contribution is -2.50. The molecule has 7 rings (SSSR count). The minimum absolute atomic E-state index is 0.0176. The minimum Gasteiger partial charge on any atom is -0.494 e. The van der Waals surface area contributed by atoms with Crippen molar-refractivity contribution in [3.8, 4) is 28.5 Å². The summed E-state index contributed by atoms with van der Waals surface area (Å²) in [6.07, 6.45) is 3.25. The van der Waals surface area contributed by atoms with Gasteiger partial charge in [0.25, 0.3) is 5.91 Å². The number of amides is 2. The zero-order chi connectivity index (χ0) is 32.3. The third-order valence-corrected chi connectivity index (χ3v) is 9.03. The van der Waals surface area contributed by atoms with Gasteiger partial charge in [-0.05, 0) is 74.1 Å². The van der Waals surface area contributed by atoms with Gasteiger partial charge in [-0.1, -0.05) is 0 Å². The number of carbonyl (C=O) groups is 2. The zero-order valence-corrected chi connectivity index (χ0v) is 26.2. The van der Waals surface area contributed by atoms with Gasteiger partial charge in [0.1, 0.15) is 23.1 Å². The molecule has 11 nitrogen and oxygen atoms in total. The van der Waals surface area contributed by atoms with E-state index < -0.39 is 18.1 Å². The number of imidazole rings is 1. The molecule has 46 heavy (non-hydrogen) atoms. The van der Waals surface area contributed by atoms with Gasteiger partial charge in [0, 0.05) is 54.6 Å². The molecule has 2 fully saturated rings. The summed E-state index contributed by atoms with van der Waals surface area (Å²) in [4.78, 5) is 41.0. The average Bonchev–Trinajstić information content (AvgIpc) is 3.68. The summed E-state index contributed by atoms with van der Waals surface area (Å²) in [6.45, 7) is 3.09. The first-order valence-electron chi connectivity index (χ1n) is 15.6. The molecule has 5 heterocycles. The number of hydrogen-bond donors (Lipinski definition) is 2. The number of ether oxygens (including phenoxy) is 1. The number of aryl methyl sites for hydroxylation is 2. The van der Waals surface area contributed by atoms with Gasteiger partial charge in [0.2, 0.25) is 5.91 Å². The molecule has 1 aliphatic carbocycles. The normalized spacial score (nSPS) is 18.4. The lowest BCUT2D eigenvalue weighted by molar-refractivity contribution is -0.117. The summed E-state index contributed by atoms with van der Waals surface area (Å²) in [6, 6.07) is 11.1. The number of carbonyl (C=O) groups excluding carboxylic acids is 2. The Morgan fingerprint density at radius 1 is 1.11 bits per heavy atom. The molecule has 2 atom stereocenters. The summed E-state index contributed by atoms with van der Waals surface area (Å²) in [5.74, 6) is 1.06. The third-order valence-electron chi connectivity index (χ3n) is 9.03. The molecule has 4 aromatic heterocycles. The van der Waals surface area contributed by atoms with E-state index in [0.717, 1.165) is 64.3 Å². The second kappa shape index (κ2) is 11.5. The van der Waals surface area contributed by atoms with Crippen molar-refractivity contribution in [2.24, 2.45) is 24.4 Å². The molecule has 4 N–H and O–H groups in total. The molecule has 1 aliphatic heterocycles. The number of aromatic nitrogens is 5. The summed E-state index contributed by atoms with van der Waals surface area (Å²) < 4.78 is 24.3. The standard InChI is InChI=1S/C34H37FN8O3/c1-18-8-24(13-30(37)44)38-14-25(18)26-7-6-20-10-28(43(32(20)39-26)15-19-4-5-19)33-40-27-9-21(11-29(46-3)31(27)41(33)2)34(45)42-16-22(35)12-23(36)17-42/h6-11,14,19,22-23H,4-5,12-13,15-17,36H2,1-3H3,(H2,37,44)/t22-,23-/m1/s1. The van der Waals surface area contributed by atoms with Crippen molar-refractivity contribution in [2.75, 3.05) is 20.2 Å². The van der Waals surface area contributed by atoms with Gasteiger partial charge in [-0.2, -0.15) is 0 Å². The van der Waals surface area contributed by atoms with Crippen LogP contribution in [0.5, 0.6) is 5.75 Å². The molecule has 12 heteroatoms. The fourth-order valence-electron chi connectivity index (χ4n) is 6.60. The van der Waals surface area contributed by atoms with Gasteiger partial charge in [-0.25, -0.2) is 14.4 Å². The van der Waals surface area contributed by atoms with E-state index in [9.17, 15) is 14.0 Å². The van der Waals surface area contributed by atoms with Crippen molar-refractivity contribution in [3.63, 3.8) is 0 Å². The topological polar surface area (TPSA) is 147 Å². The Morgan fingerprint density at radius 3 is 2.61 bits per heavy atom. The molecule has 2 amide bonds. The van der Waals surface area contributed by atoms with E-state index >= 15 is 0 Å². The molecule has 0 bridgehead atoms. The molecule has 2 aliphatic rings. The molecular formula is C34H37FN8O3. The van der Waals surface area contributed by atoms with Crippen LogP contribution in [0.15, 0.2) is 42.6 Å². The maximum absolute atomic E-state index is 14.3. The maximum Gasteiger partial charge on any atom is 0.254 e. The smallest absolute Gasteiger partial charge is 0.254 e. The number of piperidine rings is 1. The van der Waals surface area contributed by atoms with Gasteiger partial charge < -0.3 is 30.2 Å². The third kappa shape index (κ3) is 5.46. The quantitative estimate of drug-likeness (QED) is 0.266. The molecular weight excluding hydrogens is 587 g/mol. The highest BCUT2D eigenvalue weighted by molar-refractivity contribution is 6.00. The molecule has 5 aromatic rings. The van der Waals surface area contributed by atoms with E-state index in [0.29, 0.717) is 35.0 Å². The monoisotopic (exact) mass is 624 g/mol. The van der Waals surface area contributed by atoms with Crippen LogP contribution in [0.25, 0.3) is 44.8 Å². The number of hydrogen-bond acceptors (Lipinski definition) is 7. The van der Waals surface area contributed by atoms with Crippen LogP contribution in [0, 0.1) is 12.8 Å². The number of pyridine rings is 2. The number of nitrogens with zero attached hydrogens (tertiary/aromatic N) is 6. The minimum atomic E-state index is -1.15. The summed E-state index contributed by atoms with van der Waals surface area (Å²) in [5.41, 5.74) is 18.1. The number of rotatable bonds is 8. The SMILES string of the molecule is COc1cc(C(=O)N2C[C@H](N)C[C@@H](F)C2)cc2nc(-c3cc4ccc(-c5cnc(CC(N)=O)cc5C)nc4n3CC3CC3)n(C)c12. The van der Waals surface area contributed by atoms with Crippen LogP contribution in [0.1, 0.15) is 40.9 Å². The van der Waals surface area contributed by atoms with Crippen molar-refractivity contribution < 1.29 is 18.7 Å². The fraction of sp³-hybridized carbons (Fsp3) is 0.382. The first-order chi connectivity index (χ1) is 22.1. The Balaban J connectivity index is 1.32. The first-order valence-corrected chi connectivity index (χ1v) is 15.6. The van der Waals surface area contributed by atoms with E-state index in [4.69, 9.17) is 26.2 Å². The van der Waals surface area contributed by atoms with Crippen molar-refractivity contribution >= 4 is 33.9 Å². The van der Waals surface area contributed by atoms with Crippen molar-refractivity contribution in [2.45, 2.75) is 51.4 Å². The highest BCUT2D eigenvalue weighted by Crippen LogP contribution is 2.38. The number of fused-ring (bicyclic) bond motifs is 2. The second-order valence-electron chi connectivity index (χ2n) is 12.7. The van der Waals surface area contributed by atoms with Crippen LogP contribution in [-0.4, -0.2) is 73.2 Å². The van der Waals surface area contributed by atoms with E-state index in [1.165, 1.54) is 4.90 Å². The van der Waals surface area contributed by atoms with Gasteiger partial charge >= 0.3 is 0 Å². The number of nitrogens with two attached hydrogens (primary N) is 2. The van der Waals surface area contributed by atoms with Gasteiger partial charge in [0.15, 0.2) is 5.82 Å². The fourth-order valence-corrected chi connectivity index (χ4v) is 6.60. The van der Waals surface area contributed by atoms with Crippen LogP contribution < -0.4 is 16.2 Å². The van der Waals surface area contributed by atoms with Crippen molar-refractivity contribution in [1.82, 2.24) is 29.0 Å². The predicted molar refractivity (Wildman–Crippen MR) is 173 cm³/mol. The van der Waals surface area contributed by atoms with Crippen molar-refractivity contribution in [1.29, 1.82) is 0 Å². The Kier molecular flexibility index (Phi) is 7.47. The molecule has 1 aromatic carbocycles. The second-order valence-corrected chi connectivity index (χ2v) is 12.7. The van der Waals surface area contributed by atoms with Crippen LogP contribution in [0.4, 0.5) is 4.39 Å². The maximum atomic E-state index is 14.3. The van der Waals surface area contributed by atoms with Crippen LogP contribution in [0.3, 0.4) is 0 Å². The van der Waals surface area contributed by atoms with E-state index in [1.807, 2.05) is 30.7 Å². The number of likely N-dealkylation sites (tertiary alicyclic amines) is 1. The Hall–Kier alpha value is -4.84. The lowest BCUT2D eigenvalue weighted by Gasteiger charge is -2.33. The van der Waals surface area contributed by atoms with Gasteiger partial charge in [0.05, 0.1) is 37.0 Å². The lowest BCUT2D eigenvalue weighted by atomic mass is 10.0. The van der Waals surface area contributed by atoms with Crippen LogP contribution in [-0.2, 0) is 24.8 Å². The molecule has 0 unspecified atom stereocenters. The predicted octanol–water partition coefficient (Wildman–Crippen LogP) is 3.92. The molecule has 238 valence electrons. The molecule has 1 saturated heterocycles. The Morgan fingerprint density at radius 2 is 1.91 bits per heavy atom. The first kappa shape index (κ1) is 29.8. The van der Waals surface area contributed by atoms with Gasteiger partial charge in [-0.15, -0.1) is 0 Å². The summed E-state index contributed by atoms with van der Waals surface area (Å²) in [7, 11) is 3.50. The molecule has 0 spiro atoms. The number of primary amides is 1. The summed E-state index contributed by atoms with van der Waals surface area (Å²) in [5, 5.41) is 0.979. The van der Waals surface area contributed by atoms with E-state index in [-0.39, 0.29) is 25.3 Å². The highest BCUT2D eigenvalue weighted by Gasteiger charge is 2.30. The number of halogens is 1. The Labute approximate surface area is 265 Å². The molecule has 1 saturated carbocycles. The number of alkyl halides is 1. The van der Waals surface area contributed by atoms with Crippen LogP contribution in [0.2, 0.25) is 0 Å². The highest BCUT2D eigenvalue weighted by atomic mass is 19.1. The van der Waals surface area contributed by atoms with E-state index in [1.54, 1.807) is 25.4 Å². The number of methoxy groups -OCH3 is 1. The largest absolute Gasteiger partial charge is 0.494 e. The average molecular weight is 625 g/mol. The van der Waals surface area contributed by atoms with Gasteiger partial charge in [-0.3, -0.25) is 14.6 Å². The van der Waals surface area contributed by atoms with E-state index in [2.05, 4.69) is 21.7 Å². The Bertz CT molecular complexity index is 2000. The van der Waals surface area contributed by atoms with Crippen LogP contribution >= 0.6 is 0 Å². The number of benzene rings is 1. The molecule has 0 radical (unpaired) electrons.